The van der Waals surface area contributed by atoms with Gasteiger partial charge in [-0.1, -0.05) is 6.92 Å². The molecule has 10 heavy (non-hydrogen) atoms. The van der Waals surface area contributed by atoms with Crippen LogP contribution < -0.4 is 10.2 Å². The molecule has 0 aliphatic heterocycles. The Morgan fingerprint density at radius 1 is 1.30 bits per heavy atom. The van der Waals surface area contributed by atoms with Crippen molar-refractivity contribution in [3.63, 3.8) is 0 Å². The molecule has 0 radical (unpaired) electrons. The van der Waals surface area contributed by atoms with E-state index >= 15 is 0 Å². The summed E-state index contributed by atoms with van der Waals surface area (Å²) in [5.41, 5.74) is 0. The summed E-state index contributed by atoms with van der Waals surface area (Å²) in [6, 6.07) is 0. The van der Waals surface area contributed by atoms with Gasteiger partial charge in [-0.05, 0) is 6.42 Å². The van der Waals surface area contributed by atoms with Crippen molar-refractivity contribution in [1.29, 1.82) is 0 Å². The van der Waals surface area contributed by atoms with Gasteiger partial charge >= 0.3 is 48.9 Å². The Bertz CT molecular complexity index is 120. The summed E-state index contributed by atoms with van der Waals surface area (Å²) in [5, 5.41) is 19.7. The second-order valence-electron chi connectivity index (χ2n) is 1.60. The number of rotatable bonds is 3. The Kier molecular flexibility index (Phi) is 8.19. The van der Waals surface area contributed by atoms with Crippen molar-refractivity contribution in [1.82, 2.24) is 0 Å². The molecule has 0 aromatic carbocycles. The van der Waals surface area contributed by atoms with E-state index in [1.807, 2.05) is 0 Å². The topological polar surface area (TPSA) is 80.3 Å². The van der Waals surface area contributed by atoms with E-state index in [0.717, 1.165) is 0 Å². The van der Waals surface area contributed by atoms with E-state index in [2.05, 4.69) is 0 Å². The first kappa shape index (κ1) is 13.1. The van der Waals surface area contributed by atoms with Gasteiger partial charge in [-0.15, -0.1) is 0 Å². The first-order valence-electron chi connectivity index (χ1n) is 2.51. The number of carbonyl (C=O) groups excluding carboxylic acids is 2. The van der Waals surface area contributed by atoms with Gasteiger partial charge in [-0.25, -0.2) is 0 Å². The molecule has 5 heteroatoms. The van der Waals surface area contributed by atoms with Gasteiger partial charge in [0.1, 0.15) is 0 Å². The minimum absolute atomic E-state index is 0. The molecule has 0 spiro atoms. The summed E-state index contributed by atoms with van der Waals surface area (Å²) in [6.07, 6.45) is 0.00463. The number of carbonyl (C=O) groups is 2. The zero-order valence-electron chi connectivity index (χ0n) is 5.62. The predicted octanol–water partition coefficient (Wildman–Crippen LogP) is -2.87. The molecular formula is C5H6BaO4. The van der Waals surface area contributed by atoms with Gasteiger partial charge in [-0.2, -0.15) is 0 Å². The fourth-order valence-corrected chi connectivity index (χ4v) is 0.430. The number of carboxylic acid groups (broad SMARTS) is 2. The molecule has 0 amide bonds. The van der Waals surface area contributed by atoms with Crippen LogP contribution in [0.5, 0.6) is 0 Å². The zero-order valence-corrected chi connectivity index (χ0v) is 10.1. The molecule has 0 unspecified atom stereocenters. The normalized spacial score (nSPS) is 8.60. The summed E-state index contributed by atoms with van der Waals surface area (Å²) in [4.78, 5) is 19.7. The van der Waals surface area contributed by atoms with Crippen LogP contribution in [0.2, 0.25) is 0 Å². The van der Waals surface area contributed by atoms with Crippen molar-refractivity contribution in [2.24, 2.45) is 5.92 Å². The van der Waals surface area contributed by atoms with Gasteiger partial charge in [0.15, 0.2) is 0 Å². The van der Waals surface area contributed by atoms with Crippen molar-refractivity contribution < 1.29 is 19.8 Å². The summed E-state index contributed by atoms with van der Waals surface area (Å²) in [6.45, 7) is 1.44. The molecule has 0 aromatic heterocycles. The second kappa shape index (κ2) is 6.24. The van der Waals surface area contributed by atoms with Gasteiger partial charge in [0.2, 0.25) is 0 Å². The van der Waals surface area contributed by atoms with E-state index in [0.29, 0.717) is 0 Å². The number of carboxylic acids is 2. The van der Waals surface area contributed by atoms with E-state index in [1.165, 1.54) is 6.92 Å². The maximum atomic E-state index is 9.84. The fourth-order valence-electron chi connectivity index (χ4n) is 0.430. The summed E-state index contributed by atoms with van der Waals surface area (Å²) >= 11 is 0. The van der Waals surface area contributed by atoms with Crippen LogP contribution in [-0.4, -0.2) is 60.8 Å². The van der Waals surface area contributed by atoms with Crippen LogP contribution in [-0.2, 0) is 9.59 Å². The van der Waals surface area contributed by atoms with Gasteiger partial charge < -0.3 is 19.8 Å². The van der Waals surface area contributed by atoms with Crippen molar-refractivity contribution in [3.8, 4) is 0 Å². The van der Waals surface area contributed by atoms with E-state index < -0.39 is 17.9 Å². The van der Waals surface area contributed by atoms with Crippen molar-refractivity contribution >= 4 is 60.8 Å². The third-order valence-electron chi connectivity index (χ3n) is 0.977. The standard InChI is InChI=1S/C5H8O4.Ba/c1-2-3(4(6)7)5(8)9;/h3H,2H2,1H3,(H,6,7)(H,8,9);/q;+2/p-2. The van der Waals surface area contributed by atoms with Crippen molar-refractivity contribution in [3.05, 3.63) is 0 Å². The van der Waals surface area contributed by atoms with Crippen LogP contribution in [0.15, 0.2) is 0 Å². The maximum absolute atomic E-state index is 9.84. The van der Waals surface area contributed by atoms with Gasteiger partial charge in [0.25, 0.3) is 0 Å². The number of hydrogen-bond donors (Lipinski definition) is 0. The summed E-state index contributed by atoms with van der Waals surface area (Å²) < 4.78 is 0. The van der Waals surface area contributed by atoms with Crippen LogP contribution in [0.3, 0.4) is 0 Å². The van der Waals surface area contributed by atoms with Crippen LogP contribution in [0.25, 0.3) is 0 Å². The molecule has 0 fully saturated rings. The maximum Gasteiger partial charge on any atom is 2.00 e. The first-order valence-corrected chi connectivity index (χ1v) is 2.51. The molecule has 52 valence electrons. The van der Waals surface area contributed by atoms with Crippen LogP contribution in [0.1, 0.15) is 13.3 Å². The third-order valence-corrected chi connectivity index (χ3v) is 0.977. The fraction of sp³-hybridized carbons (Fsp3) is 0.600. The molecular weight excluding hydrogens is 261 g/mol. The zero-order chi connectivity index (χ0) is 7.44. The predicted molar refractivity (Wildman–Crippen MR) is 29.5 cm³/mol. The Balaban J connectivity index is 0. The molecule has 0 aliphatic rings. The van der Waals surface area contributed by atoms with E-state index in [9.17, 15) is 19.8 Å². The first-order chi connectivity index (χ1) is 4.09. The van der Waals surface area contributed by atoms with Gasteiger partial charge in [-0.3, -0.25) is 0 Å². The molecule has 4 nitrogen and oxygen atoms in total. The quantitative estimate of drug-likeness (QED) is 0.407. The Morgan fingerprint density at radius 2 is 1.60 bits per heavy atom. The largest absolute Gasteiger partial charge is 2.00 e. The number of hydrogen-bond acceptors (Lipinski definition) is 4. The van der Waals surface area contributed by atoms with Gasteiger partial charge in [0, 0.05) is 5.92 Å². The molecule has 0 saturated heterocycles. The minimum Gasteiger partial charge on any atom is -0.549 e. The average molecular weight is 267 g/mol. The SMILES string of the molecule is CCC(C(=O)[O-])C(=O)[O-].[Ba+2]. The van der Waals surface area contributed by atoms with Crippen LogP contribution in [0.4, 0.5) is 0 Å². The molecule has 0 heterocycles. The number of aliphatic carboxylic acids is 2. The van der Waals surface area contributed by atoms with E-state index in [1.54, 1.807) is 0 Å². The summed E-state index contributed by atoms with van der Waals surface area (Å²) in [7, 11) is 0. The van der Waals surface area contributed by atoms with Gasteiger partial charge in [0.05, 0.1) is 11.9 Å². The molecule has 0 aliphatic carbocycles. The molecule has 0 N–H and O–H groups in total. The second-order valence-corrected chi connectivity index (χ2v) is 1.60. The van der Waals surface area contributed by atoms with Crippen LogP contribution in [0, 0.1) is 5.92 Å². The molecule has 0 aromatic rings. The Morgan fingerprint density at radius 3 is 1.60 bits per heavy atom. The Labute approximate surface area is 98.7 Å². The molecule has 0 rings (SSSR count). The van der Waals surface area contributed by atoms with E-state index in [4.69, 9.17) is 0 Å². The summed E-state index contributed by atoms with van der Waals surface area (Å²) in [5.74, 6) is -4.64. The molecule has 0 atom stereocenters. The average Bonchev–Trinajstić information content (AvgIpc) is 1.64. The third kappa shape index (κ3) is 4.35. The molecule has 0 saturated carbocycles. The molecule has 0 bridgehead atoms. The van der Waals surface area contributed by atoms with Crippen LogP contribution >= 0.6 is 0 Å². The smallest absolute Gasteiger partial charge is 0.549 e. The monoisotopic (exact) mass is 268 g/mol. The van der Waals surface area contributed by atoms with Crippen molar-refractivity contribution in [2.45, 2.75) is 13.3 Å². The minimum atomic E-state index is -1.59. The Hall–Kier alpha value is 0.511. The van der Waals surface area contributed by atoms with Crippen molar-refractivity contribution in [2.75, 3.05) is 0 Å². The van der Waals surface area contributed by atoms with E-state index in [-0.39, 0.29) is 55.3 Å².